The summed E-state index contributed by atoms with van der Waals surface area (Å²) in [6.45, 7) is 15.4. The molecule has 44 heavy (non-hydrogen) atoms. The molecule has 0 amide bonds. The highest BCUT2D eigenvalue weighted by molar-refractivity contribution is 5.88. The summed E-state index contributed by atoms with van der Waals surface area (Å²) in [4.78, 5) is 4.79. The van der Waals surface area contributed by atoms with Crippen molar-refractivity contribution >= 4 is 22.5 Å². The largest absolute Gasteiger partial charge is 0.332 e. The Morgan fingerprint density at radius 3 is 1.32 bits per heavy atom. The van der Waals surface area contributed by atoms with Crippen LogP contribution in [0.4, 0.5) is 0 Å². The van der Waals surface area contributed by atoms with E-state index in [1.165, 1.54) is 78.7 Å². The summed E-state index contributed by atoms with van der Waals surface area (Å²) in [7, 11) is 4.22. The van der Waals surface area contributed by atoms with Crippen molar-refractivity contribution in [2.45, 2.75) is 26.7 Å². The number of rotatable bonds is 8. The summed E-state index contributed by atoms with van der Waals surface area (Å²) < 4.78 is 4.39. The highest BCUT2D eigenvalue weighted by atomic mass is 15.3. The van der Waals surface area contributed by atoms with Crippen LogP contribution in [0.5, 0.6) is 0 Å². The first-order valence-electron chi connectivity index (χ1n) is 15.6. The second kappa shape index (κ2) is 10.9. The van der Waals surface area contributed by atoms with E-state index >= 15 is 0 Å². The van der Waals surface area contributed by atoms with Gasteiger partial charge in [-0.05, 0) is 72.2 Å². The summed E-state index contributed by atoms with van der Waals surface area (Å²) in [5, 5.41) is 0. The maximum Gasteiger partial charge on any atom is 0.231 e. The zero-order valence-corrected chi connectivity index (χ0v) is 26.3. The molecule has 3 aromatic rings. The maximum atomic E-state index is 4.51. The molecule has 0 spiro atoms. The minimum atomic E-state index is 0.858. The van der Waals surface area contributed by atoms with Crippen molar-refractivity contribution in [1.29, 1.82) is 0 Å². The Morgan fingerprint density at radius 1 is 0.568 bits per heavy atom. The highest BCUT2D eigenvalue weighted by Gasteiger charge is 2.42. The van der Waals surface area contributed by atoms with Crippen LogP contribution < -0.4 is 9.13 Å². The molecule has 2 aromatic heterocycles. The Bertz CT molecular complexity index is 1780. The Labute approximate surface area is 261 Å². The molecule has 0 unspecified atom stereocenters. The topological polar surface area (TPSA) is 13.8 Å². The molecule has 0 radical (unpaired) electrons. The van der Waals surface area contributed by atoms with Gasteiger partial charge in [0, 0.05) is 48.5 Å². The van der Waals surface area contributed by atoms with Crippen molar-refractivity contribution < 1.29 is 9.13 Å². The maximum absolute atomic E-state index is 4.51. The molecule has 0 saturated heterocycles. The predicted molar refractivity (Wildman–Crippen MR) is 180 cm³/mol. The molecule has 0 N–H and O–H groups in total. The lowest BCUT2D eigenvalue weighted by Gasteiger charge is -2.19. The highest BCUT2D eigenvalue weighted by Crippen LogP contribution is 2.49. The lowest BCUT2D eigenvalue weighted by Crippen LogP contribution is -2.31. The molecule has 4 heterocycles. The molecular weight excluding hydrogens is 536 g/mol. The first kappa shape index (κ1) is 27.8. The number of aromatic nitrogens is 2. The number of allylic oxidation sites excluding steroid dienone is 8. The lowest BCUT2D eigenvalue weighted by molar-refractivity contribution is -0.674. The van der Waals surface area contributed by atoms with Gasteiger partial charge in [-0.15, -0.1) is 0 Å². The first-order valence-corrected chi connectivity index (χ1v) is 15.6. The van der Waals surface area contributed by atoms with E-state index in [9.17, 15) is 0 Å². The van der Waals surface area contributed by atoms with E-state index < -0.39 is 0 Å². The minimum absolute atomic E-state index is 0.858. The second-order valence-electron chi connectivity index (χ2n) is 12.0. The van der Waals surface area contributed by atoms with Crippen LogP contribution in [0.25, 0.3) is 22.5 Å². The van der Waals surface area contributed by atoms with Gasteiger partial charge in [0.2, 0.25) is 11.4 Å². The summed E-state index contributed by atoms with van der Waals surface area (Å²) >= 11 is 0. The van der Waals surface area contributed by atoms with Crippen molar-refractivity contribution in [3.8, 4) is 0 Å². The van der Waals surface area contributed by atoms with Crippen LogP contribution in [0.2, 0.25) is 0 Å². The van der Waals surface area contributed by atoms with Gasteiger partial charge in [-0.1, -0.05) is 61.7 Å². The van der Waals surface area contributed by atoms with Crippen molar-refractivity contribution in [1.82, 2.24) is 9.80 Å². The normalized spacial score (nSPS) is 17.9. The van der Waals surface area contributed by atoms with Crippen LogP contribution in [-0.2, 0) is 14.1 Å². The van der Waals surface area contributed by atoms with Crippen LogP contribution in [0, 0.1) is 0 Å². The summed E-state index contributed by atoms with van der Waals surface area (Å²) in [6, 6.07) is 21.8. The molecule has 4 nitrogen and oxygen atoms in total. The molecule has 0 bridgehead atoms. The molecule has 7 rings (SSSR count). The van der Waals surface area contributed by atoms with Crippen LogP contribution in [0.3, 0.4) is 0 Å². The van der Waals surface area contributed by atoms with Gasteiger partial charge in [0.05, 0.1) is 11.4 Å². The third-order valence-electron chi connectivity index (χ3n) is 9.26. The van der Waals surface area contributed by atoms with Gasteiger partial charge in [0.1, 0.15) is 25.5 Å². The van der Waals surface area contributed by atoms with Crippen LogP contribution in [0.1, 0.15) is 49.2 Å². The van der Waals surface area contributed by atoms with Crippen molar-refractivity contribution in [2.75, 3.05) is 13.1 Å². The molecule has 4 aliphatic rings. The average molecular weight is 577 g/mol. The fraction of sp³-hybridized carbons (Fsp3) is 0.200. The Morgan fingerprint density at radius 2 is 0.977 bits per heavy atom. The lowest BCUT2D eigenvalue weighted by atomic mass is 9.86. The number of likely N-dealkylation sites (N-methyl/N-ethyl adjacent to an activating group) is 2. The number of nitrogens with zero attached hydrogens (tertiary/aromatic N) is 4. The average Bonchev–Trinajstić information content (AvgIpc) is 3.95. The predicted octanol–water partition coefficient (Wildman–Crippen LogP) is 7.28. The monoisotopic (exact) mass is 576 g/mol. The van der Waals surface area contributed by atoms with Gasteiger partial charge in [-0.2, -0.15) is 9.13 Å². The van der Waals surface area contributed by atoms with E-state index in [2.05, 4.69) is 157 Å². The fourth-order valence-electron chi connectivity index (χ4n) is 6.79. The zero-order chi connectivity index (χ0) is 30.5. The van der Waals surface area contributed by atoms with Gasteiger partial charge >= 0.3 is 0 Å². The molecule has 1 aromatic carbocycles. The second-order valence-corrected chi connectivity index (χ2v) is 12.0. The van der Waals surface area contributed by atoms with Crippen LogP contribution in [-0.4, -0.2) is 22.9 Å². The third kappa shape index (κ3) is 4.71. The van der Waals surface area contributed by atoms with Gasteiger partial charge in [-0.3, -0.25) is 0 Å². The van der Waals surface area contributed by atoms with Crippen molar-refractivity contribution in [3.05, 3.63) is 167 Å². The van der Waals surface area contributed by atoms with Gasteiger partial charge in [0.25, 0.3) is 0 Å². The standard InChI is InChI=1S/C40H40N4/c1-7-43-37(39(43)35-13-9-11-23-41(35)5)33-21-19-31(25-27(33)3)29-15-17-30(18-16-29)32-20-22-34(28(4)26-32)38-40(44(38)8-2)36-14-10-12-24-42(36)6/h9-24H,3-4,7-8,25-26H2,1-2,5-6H3/q+2. The number of hydrogen-bond donors (Lipinski definition) is 0. The summed E-state index contributed by atoms with van der Waals surface area (Å²) in [5.41, 5.74) is 17.8. The van der Waals surface area contributed by atoms with Crippen molar-refractivity contribution in [2.24, 2.45) is 14.1 Å². The van der Waals surface area contributed by atoms with Gasteiger partial charge in [0.15, 0.2) is 12.4 Å². The first-order chi connectivity index (χ1) is 21.4. The third-order valence-corrected chi connectivity index (χ3v) is 9.26. The van der Waals surface area contributed by atoms with Crippen LogP contribution in [0.15, 0.2) is 144 Å². The summed E-state index contributed by atoms with van der Waals surface area (Å²) in [5.74, 6) is 0. The molecule has 0 atom stereocenters. The molecule has 0 saturated carbocycles. The summed E-state index contributed by atoms with van der Waals surface area (Å²) in [6.07, 6.45) is 15.0. The van der Waals surface area contributed by atoms with E-state index in [-0.39, 0.29) is 0 Å². The molecule has 4 heteroatoms. The molecule has 218 valence electrons. The molecular formula is C40H40N4+2. The molecule has 2 aliphatic heterocycles. The number of aryl methyl sites for hydroxylation is 2. The zero-order valence-electron chi connectivity index (χ0n) is 26.3. The fourth-order valence-corrected chi connectivity index (χ4v) is 6.79. The molecule has 0 fully saturated rings. The Kier molecular flexibility index (Phi) is 6.93. The van der Waals surface area contributed by atoms with E-state index in [1.54, 1.807) is 0 Å². The quantitative estimate of drug-likeness (QED) is 0.262. The van der Waals surface area contributed by atoms with Crippen molar-refractivity contribution in [3.63, 3.8) is 0 Å². The van der Waals surface area contributed by atoms with Crippen LogP contribution >= 0.6 is 0 Å². The molecule has 2 aliphatic carbocycles. The van der Waals surface area contributed by atoms with Gasteiger partial charge in [-0.25, -0.2) is 0 Å². The Balaban J connectivity index is 1.11. The van der Waals surface area contributed by atoms with E-state index in [4.69, 9.17) is 0 Å². The van der Waals surface area contributed by atoms with E-state index in [0.29, 0.717) is 0 Å². The number of hydrogen-bond acceptors (Lipinski definition) is 2. The van der Waals surface area contributed by atoms with E-state index in [1.807, 2.05) is 0 Å². The van der Waals surface area contributed by atoms with E-state index in [0.717, 1.165) is 25.9 Å². The van der Waals surface area contributed by atoms with Gasteiger partial charge < -0.3 is 9.80 Å². The number of benzene rings is 1. The number of pyridine rings is 2. The SMILES string of the molecule is C=C1CC(c2ccc(C3=CC=C(C4=C(c5cccc[n+]5C)N4CC)C(=C)C3)cc2)=CC=C1C1=C(c2cccc[n+]2C)N1CC. The Hall–Kier alpha value is -4.96. The minimum Gasteiger partial charge on any atom is -0.332 e. The smallest absolute Gasteiger partial charge is 0.231 e.